The van der Waals surface area contributed by atoms with E-state index >= 15 is 0 Å². The normalized spacial score (nSPS) is 10.9. The molecule has 2 heterocycles. The molecule has 0 spiro atoms. The molecular weight excluding hydrogens is 405 g/mol. The smallest absolute Gasteiger partial charge is 0.253 e. The fourth-order valence-electron chi connectivity index (χ4n) is 3.60. The Morgan fingerprint density at radius 2 is 1.84 bits per heavy atom. The van der Waals surface area contributed by atoms with Gasteiger partial charge in [0.2, 0.25) is 0 Å². The first-order valence-electron chi connectivity index (χ1n) is 10.8. The lowest BCUT2D eigenvalue weighted by atomic mass is 10.1. The molecule has 0 unspecified atom stereocenters. The molecule has 7 heteroatoms. The monoisotopic (exact) mass is 431 g/mol. The number of unbranched alkanes of at least 4 members (excludes halogenated alkanes) is 2. The molecule has 0 saturated carbocycles. The summed E-state index contributed by atoms with van der Waals surface area (Å²) in [5.41, 5.74) is 4.38. The summed E-state index contributed by atoms with van der Waals surface area (Å²) in [5.74, 6) is -0.228. The average molecular weight is 432 g/mol. The van der Waals surface area contributed by atoms with Crippen molar-refractivity contribution < 1.29 is 9.18 Å². The largest absolute Gasteiger partial charge is 0.342 e. The number of amides is 1. The van der Waals surface area contributed by atoms with E-state index in [1.807, 2.05) is 49.6 Å². The first-order valence-corrected chi connectivity index (χ1v) is 10.8. The number of H-pyrrole nitrogens is 1. The molecule has 1 N–H and O–H groups in total. The highest BCUT2D eigenvalue weighted by molar-refractivity contribution is 5.94. The molecule has 164 valence electrons. The third-order valence-electron chi connectivity index (χ3n) is 5.44. The predicted molar refractivity (Wildman–Crippen MR) is 122 cm³/mol. The number of nitrogens with zero attached hydrogens (tertiary/aromatic N) is 4. The average Bonchev–Trinajstić information content (AvgIpc) is 3.51. The first kappa shape index (κ1) is 21.5. The highest BCUT2D eigenvalue weighted by Gasteiger charge is 2.11. The summed E-state index contributed by atoms with van der Waals surface area (Å²) < 4.78 is 14.8. The summed E-state index contributed by atoms with van der Waals surface area (Å²) in [6, 6.07) is 17.7. The standard InChI is InChI=1S/C25H26FN5O/c1-30(25(32)20-9-13-23(14-10-20)31-17-5-15-27-31)16-4-2-3-6-22-18-24(29-28-22)19-7-11-21(26)12-8-19/h5,7-15,17-18H,2-4,6,16H2,1H3,(H,28,29). The van der Waals surface area contributed by atoms with Crippen LogP contribution in [0.4, 0.5) is 4.39 Å². The number of rotatable bonds is 9. The minimum atomic E-state index is -0.251. The Morgan fingerprint density at radius 3 is 2.56 bits per heavy atom. The summed E-state index contributed by atoms with van der Waals surface area (Å²) in [4.78, 5) is 14.4. The van der Waals surface area contributed by atoms with Crippen molar-refractivity contribution in [2.24, 2.45) is 0 Å². The summed E-state index contributed by atoms with van der Waals surface area (Å²) in [5, 5.41) is 11.6. The maximum Gasteiger partial charge on any atom is 0.253 e. The molecule has 0 fully saturated rings. The van der Waals surface area contributed by atoms with Gasteiger partial charge in [0.1, 0.15) is 5.82 Å². The second-order valence-corrected chi connectivity index (χ2v) is 7.82. The van der Waals surface area contributed by atoms with Crippen LogP contribution in [-0.2, 0) is 6.42 Å². The number of hydrogen-bond donors (Lipinski definition) is 1. The van der Waals surface area contributed by atoms with E-state index in [2.05, 4.69) is 15.3 Å². The van der Waals surface area contributed by atoms with E-state index in [1.54, 1.807) is 27.9 Å². The molecule has 1 amide bonds. The van der Waals surface area contributed by atoms with Gasteiger partial charge in [-0.2, -0.15) is 10.2 Å². The Morgan fingerprint density at radius 1 is 1.06 bits per heavy atom. The number of nitrogens with one attached hydrogen (secondary N) is 1. The summed E-state index contributed by atoms with van der Waals surface area (Å²) >= 11 is 0. The van der Waals surface area contributed by atoms with Crippen molar-refractivity contribution in [3.05, 3.63) is 90.1 Å². The number of carbonyl (C=O) groups is 1. The number of halogens is 1. The molecular formula is C25H26FN5O. The molecule has 0 aliphatic carbocycles. The number of benzene rings is 2. The Bertz CT molecular complexity index is 1130. The van der Waals surface area contributed by atoms with Gasteiger partial charge in [-0.1, -0.05) is 6.42 Å². The van der Waals surface area contributed by atoms with E-state index < -0.39 is 0 Å². The zero-order chi connectivity index (χ0) is 22.3. The molecule has 0 atom stereocenters. The van der Waals surface area contributed by atoms with E-state index in [0.29, 0.717) is 12.1 Å². The summed E-state index contributed by atoms with van der Waals surface area (Å²) in [6.45, 7) is 0.712. The lowest BCUT2D eigenvalue weighted by Crippen LogP contribution is -2.27. The van der Waals surface area contributed by atoms with Crippen molar-refractivity contribution in [3.63, 3.8) is 0 Å². The maximum atomic E-state index is 13.1. The molecule has 0 radical (unpaired) electrons. The van der Waals surface area contributed by atoms with Crippen LogP contribution >= 0.6 is 0 Å². The van der Waals surface area contributed by atoms with Crippen molar-refractivity contribution in [1.29, 1.82) is 0 Å². The molecule has 0 aliphatic heterocycles. The van der Waals surface area contributed by atoms with E-state index in [4.69, 9.17) is 0 Å². The van der Waals surface area contributed by atoms with Gasteiger partial charge >= 0.3 is 0 Å². The van der Waals surface area contributed by atoms with E-state index in [0.717, 1.165) is 48.3 Å². The Balaban J connectivity index is 1.19. The Hall–Kier alpha value is -3.74. The quantitative estimate of drug-likeness (QED) is 0.384. The fraction of sp³-hybridized carbons (Fsp3) is 0.240. The highest BCUT2D eigenvalue weighted by atomic mass is 19.1. The van der Waals surface area contributed by atoms with Gasteiger partial charge in [0.25, 0.3) is 5.91 Å². The molecule has 0 saturated heterocycles. The molecule has 0 aliphatic rings. The van der Waals surface area contributed by atoms with Gasteiger partial charge < -0.3 is 4.90 Å². The summed E-state index contributed by atoms with van der Waals surface area (Å²) in [7, 11) is 1.84. The van der Waals surface area contributed by atoms with E-state index in [9.17, 15) is 9.18 Å². The highest BCUT2D eigenvalue weighted by Crippen LogP contribution is 2.19. The van der Waals surface area contributed by atoms with Crippen molar-refractivity contribution in [3.8, 4) is 16.9 Å². The molecule has 6 nitrogen and oxygen atoms in total. The van der Waals surface area contributed by atoms with Gasteiger partial charge in [-0.3, -0.25) is 9.89 Å². The molecule has 2 aromatic carbocycles. The van der Waals surface area contributed by atoms with Crippen LogP contribution in [0.25, 0.3) is 16.9 Å². The lowest BCUT2D eigenvalue weighted by molar-refractivity contribution is 0.0792. The number of hydrogen-bond acceptors (Lipinski definition) is 3. The first-order chi connectivity index (χ1) is 15.6. The maximum absolute atomic E-state index is 13.1. The molecule has 0 bridgehead atoms. The van der Waals surface area contributed by atoms with Crippen LogP contribution in [0.2, 0.25) is 0 Å². The van der Waals surface area contributed by atoms with Gasteiger partial charge in [-0.05, 0) is 79.9 Å². The van der Waals surface area contributed by atoms with Crippen molar-refractivity contribution >= 4 is 5.91 Å². The van der Waals surface area contributed by atoms with Gasteiger partial charge in [0, 0.05) is 42.8 Å². The van der Waals surface area contributed by atoms with Crippen LogP contribution in [0.1, 0.15) is 35.3 Å². The van der Waals surface area contributed by atoms with Gasteiger partial charge in [0.05, 0.1) is 11.4 Å². The van der Waals surface area contributed by atoms with Crippen LogP contribution in [0.5, 0.6) is 0 Å². The topological polar surface area (TPSA) is 66.8 Å². The number of aromatic amines is 1. The third-order valence-corrected chi connectivity index (χ3v) is 5.44. The lowest BCUT2D eigenvalue weighted by Gasteiger charge is -2.17. The SMILES string of the molecule is CN(CCCCCc1cc(-c2ccc(F)cc2)n[nH]1)C(=O)c1ccc(-n2cccn2)cc1. The molecule has 4 aromatic rings. The molecule has 2 aromatic heterocycles. The predicted octanol–water partition coefficient (Wildman–Crippen LogP) is 4.89. The van der Waals surface area contributed by atoms with Gasteiger partial charge in [0.15, 0.2) is 0 Å². The summed E-state index contributed by atoms with van der Waals surface area (Å²) in [6.07, 6.45) is 7.44. The van der Waals surface area contributed by atoms with Crippen LogP contribution in [0, 0.1) is 5.82 Å². The number of carbonyl (C=O) groups excluding carboxylic acids is 1. The molecule has 4 rings (SSSR count). The van der Waals surface area contributed by atoms with Crippen molar-refractivity contribution in [2.45, 2.75) is 25.7 Å². The zero-order valence-electron chi connectivity index (χ0n) is 18.0. The Kier molecular flexibility index (Phi) is 6.75. The van der Waals surface area contributed by atoms with E-state index in [-0.39, 0.29) is 11.7 Å². The van der Waals surface area contributed by atoms with Crippen LogP contribution in [0.3, 0.4) is 0 Å². The second kappa shape index (κ2) is 10.0. The third kappa shape index (κ3) is 5.29. The second-order valence-electron chi connectivity index (χ2n) is 7.82. The van der Waals surface area contributed by atoms with Gasteiger partial charge in [-0.15, -0.1) is 0 Å². The van der Waals surface area contributed by atoms with Crippen molar-refractivity contribution in [2.75, 3.05) is 13.6 Å². The van der Waals surface area contributed by atoms with E-state index in [1.165, 1.54) is 12.1 Å². The van der Waals surface area contributed by atoms with Gasteiger partial charge in [-0.25, -0.2) is 9.07 Å². The van der Waals surface area contributed by atoms with Crippen LogP contribution in [-0.4, -0.2) is 44.4 Å². The Labute approximate surface area is 186 Å². The van der Waals surface area contributed by atoms with Crippen LogP contribution in [0.15, 0.2) is 73.1 Å². The van der Waals surface area contributed by atoms with Crippen molar-refractivity contribution in [1.82, 2.24) is 24.9 Å². The zero-order valence-corrected chi connectivity index (χ0v) is 18.0. The van der Waals surface area contributed by atoms with Crippen LogP contribution < -0.4 is 0 Å². The minimum Gasteiger partial charge on any atom is -0.342 e. The molecule has 32 heavy (non-hydrogen) atoms. The minimum absolute atomic E-state index is 0.0227. The number of aromatic nitrogens is 4. The fourth-order valence-corrected chi connectivity index (χ4v) is 3.60. The number of aryl methyl sites for hydroxylation is 1.